The Bertz CT molecular complexity index is 500. The summed E-state index contributed by atoms with van der Waals surface area (Å²) in [7, 11) is 1.23. The second-order valence-corrected chi connectivity index (χ2v) is 4.97. The fraction of sp³-hybridized carbons (Fsp3) is 0.500. The molecule has 0 radical (unpaired) electrons. The van der Waals surface area contributed by atoms with Crippen LogP contribution in [-0.4, -0.2) is 19.1 Å². The van der Waals surface area contributed by atoms with Gasteiger partial charge in [0.1, 0.15) is 11.9 Å². The molecule has 21 heavy (non-hydrogen) atoms. The molecule has 3 nitrogen and oxygen atoms in total. The fourth-order valence-corrected chi connectivity index (χ4v) is 1.86. The normalized spacial score (nSPS) is 13.3. The van der Waals surface area contributed by atoms with Crippen LogP contribution >= 0.6 is 0 Å². The maximum Gasteiger partial charge on any atom is 0.416 e. The average Bonchev–Trinajstić information content (AvgIpc) is 2.36. The maximum atomic E-state index is 13.2. The maximum absolute atomic E-state index is 13.2. The summed E-state index contributed by atoms with van der Waals surface area (Å²) in [5, 5.41) is 2.78. The van der Waals surface area contributed by atoms with E-state index in [2.05, 4.69) is 10.1 Å². The first-order chi connectivity index (χ1) is 9.65. The van der Waals surface area contributed by atoms with Gasteiger partial charge in [-0.15, -0.1) is 0 Å². The Balaban J connectivity index is 2.88. The van der Waals surface area contributed by atoms with Crippen molar-refractivity contribution in [3.8, 4) is 0 Å². The van der Waals surface area contributed by atoms with E-state index in [0.717, 1.165) is 12.1 Å². The van der Waals surface area contributed by atoms with E-state index in [-0.39, 0.29) is 18.0 Å². The zero-order chi connectivity index (χ0) is 16.2. The van der Waals surface area contributed by atoms with E-state index in [1.165, 1.54) is 7.11 Å². The monoisotopic (exact) mass is 307 g/mol. The molecule has 1 aromatic rings. The van der Waals surface area contributed by atoms with Gasteiger partial charge in [0.25, 0.3) is 0 Å². The van der Waals surface area contributed by atoms with Gasteiger partial charge in [0.05, 0.1) is 12.7 Å². The average molecular weight is 307 g/mol. The number of hydrogen-bond donors (Lipinski definition) is 1. The molecule has 1 N–H and O–H groups in total. The summed E-state index contributed by atoms with van der Waals surface area (Å²) in [4.78, 5) is 11.5. The minimum Gasteiger partial charge on any atom is -0.468 e. The summed E-state index contributed by atoms with van der Waals surface area (Å²) in [6.45, 7) is 3.46. The molecule has 7 heteroatoms. The van der Waals surface area contributed by atoms with Gasteiger partial charge in [0, 0.05) is 6.54 Å². The summed E-state index contributed by atoms with van der Waals surface area (Å²) in [5.74, 6) is -1.61. The number of halogens is 4. The van der Waals surface area contributed by atoms with Gasteiger partial charge in [0.15, 0.2) is 0 Å². The minimum absolute atomic E-state index is 0.0706. The van der Waals surface area contributed by atoms with Crippen molar-refractivity contribution in [2.24, 2.45) is 5.92 Å². The third-order valence-electron chi connectivity index (χ3n) is 2.93. The Morgan fingerprint density at radius 2 is 1.90 bits per heavy atom. The van der Waals surface area contributed by atoms with E-state index in [0.29, 0.717) is 6.07 Å². The number of methoxy groups -OCH3 is 1. The predicted molar refractivity (Wildman–Crippen MR) is 68.9 cm³/mol. The van der Waals surface area contributed by atoms with E-state index in [9.17, 15) is 22.4 Å². The first-order valence-corrected chi connectivity index (χ1v) is 6.33. The molecule has 0 aliphatic carbocycles. The third kappa shape index (κ3) is 5.00. The molecule has 0 heterocycles. The molecule has 0 spiro atoms. The van der Waals surface area contributed by atoms with E-state index < -0.39 is 29.6 Å². The summed E-state index contributed by atoms with van der Waals surface area (Å²) in [6.07, 6.45) is -4.61. The first kappa shape index (κ1) is 17.4. The van der Waals surface area contributed by atoms with Gasteiger partial charge in [0.2, 0.25) is 0 Å². The third-order valence-corrected chi connectivity index (χ3v) is 2.93. The first-order valence-electron chi connectivity index (χ1n) is 6.33. The van der Waals surface area contributed by atoms with Crippen LogP contribution < -0.4 is 5.32 Å². The lowest BCUT2D eigenvalue weighted by Crippen LogP contribution is -2.41. The smallest absolute Gasteiger partial charge is 0.416 e. The number of alkyl halides is 3. The number of nitrogens with one attached hydrogen (secondary N) is 1. The lowest BCUT2D eigenvalue weighted by Gasteiger charge is -2.20. The quantitative estimate of drug-likeness (QED) is 0.671. The number of carbonyl (C=O) groups excluding carboxylic acids is 1. The molecular weight excluding hydrogens is 290 g/mol. The van der Waals surface area contributed by atoms with E-state index in [1.54, 1.807) is 13.8 Å². The highest BCUT2D eigenvalue weighted by molar-refractivity contribution is 5.75. The van der Waals surface area contributed by atoms with Crippen molar-refractivity contribution in [1.29, 1.82) is 0 Å². The molecule has 118 valence electrons. The molecule has 1 atom stereocenters. The van der Waals surface area contributed by atoms with Gasteiger partial charge in [-0.1, -0.05) is 13.8 Å². The Labute approximate surface area is 120 Å². The molecule has 0 aliphatic heterocycles. The van der Waals surface area contributed by atoms with Gasteiger partial charge in [-0.3, -0.25) is 4.79 Å². The van der Waals surface area contributed by atoms with Crippen molar-refractivity contribution in [3.05, 3.63) is 35.1 Å². The number of benzene rings is 1. The van der Waals surface area contributed by atoms with Crippen LogP contribution in [0.25, 0.3) is 0 Å². The van der Waals surface area contributed by atoms with Crippen LogP contribution in [0.4, 0.5) is 17.6 Å². The standard InChI is InChI=1S/C14H17F4NO2/c1-8(2)12(13(20)21-3)19-7-9-4-10(14(16,17)18)6-11(15)5-9/h4-6,8,12,19H,7H2,1-3H3/t12-/m0/s1. The summed E-state index contributed by atoms with van der Waals surface area (Å²) in [5.41, 5.74) is -0.949. The van der Waals surface area contributed by atoms with E-state index in [4.69, 9.17) is 0 Å². The van der Waals surface area contributed by atoms with Crippen LogP contribution in [0.5, 0.6) is 0 Å². The van der Waals surface area contributed by atoms with Crippen molar-refractivity contribution in [3.63, 3.8) is 0 Å². The topological polar surface area (TPSA) is 38.3 Å². The zero-order valence-corrected chi connectivity index (χ0v) is 11.9. The Morgan fingerprint density at radius 3 is 2.38 bits per heavy atom. The van der Waals surface area contributed by atoms with Crippen LogP contribution in [0.1, 0.15) is 25.0 Å². The molecule has 0 saturated carbocycles. The van der Waals surface area contributed by atoms with Crippen molar-refractivity contribution in [1.82, 2.24) is 5.32 Å². The van der Waals surface area contributed by atoms with Crippen molar-refractivity contribution < 1.29 is 27.1 Å². The van der Waals surface area contributed by atoms with Gasteiger partial charge in [-0.25, -0.2) is 4.39 Å². The lowest BCUT2D eigenvalue weighted by molar-refractivity contribution is -0.144. The second kappa shape index (κ2) is 6.89. The number of esters is 1. The molecule has 1 aromatic carbocycles. The van der Waals surface area contributed by atoms with Gasteiger partial charge in [-0.2, -0.15) is 13.2 Å². The fourth-order valence-electron chi connectivity index (χ4n) is 1.86. The Hall–Kier alpha value is -1.63. The highest BCUT2D eigenvalue weighted by atomic mass is 19.4. The summed E-state index contributed by atoms with van der Waals surface area (Å²) < 4.78 is 55.6. The number of hydrogen-bond acceptors (Lipinski definition) is 3. The van der Waals surface area contributed by atoms with Crippen molar-refractivity contribution in [2.75, 3.05) is 7.11 Å². The number of rotatable bonds is 5. The zero-order valence-electron chi connectivity index (χ0n) is 11.9. The SMILES string of the molecule is COC(=O)[C@@H](NCc1cc(F)cc(C(F)(F)F)c1)C(C)C. The van der Waals surface area contributed by atoms with Crippen LogP contribution in [0.3, 0.4) is 0 Å². The molecule has 1 rings (SSSR count). The molecule has 0 unspecified atom stereocenters. The van der Waals surface area contributed by atoms with Crippen molar-refractivity contribution in [2.45, 2.75) is 32.6 Å². The Kier molecular flexibility index (Phi) is 5.71. The number of ether oxygens (including phenoxy) is 1. The van der Waals surface area contributed by atoms with Crippen molar-refractivity contribution >= 4 is 5.97 Å². The number of carbonyl (C=O) groups is 1. The highest BCUT2D eigenvalue weighted by Gasteiger charge is 2.31. The van der Waals surface area contributed by atoms with Crippen LogP contribution in [0.2, 0.25) is 0 Å². The van der Waals surface area contributed by atoms with Gasteiger partial charge in [-0.05, 0) is 29.7 Å². The Morgan fingerprint density at radius 1 is 1.29 bits per heavy atom. The molecule has 0 bridgehead atoms. The molecule has 0 aliphatic rings. The summed E-state index contributed by atoms with van der Waals surface area (Å²) in [6, 6.07) is 1.61. The van der Waals surface area contributed by atoms with E-state index >= 15 is 0 Å². The summed E-state index contributed by atoms with van der Waals surface area (Å²) >= 11 is 0. The van der Waals surface area contributed by atoms with E-state index in [1.807, 2.05) is 0 Å². The van der Waals surface area contributed by atoms with Crippen LogP contribution in [-0.2, 0) is 22.3 Å². The minimum atomic E-state index is -4.61. The van der Waals surface area contributed by atoms with Crippen LogP contribution in [0.15, 0.2) is 18.2 Å². The largest absolute Gasteiger partial charge is 0.468 e. The van der Waals surface area contributed by atoms with Crippen LogP contribution in [0, 0.1) is 11.7 Å². The molecular formula is C14H17F4NO2. The molecule has 0 fully saturated rings. The lowest BCUT2D eigenvalue weighted by atomic mass is 10.0. The van der Waals surface area contributed by atoms with Gasteiger partial charge < -0.3 is 10.1 Å². The molecule has 0 saturated heterocycles. The molecule has 0 aromatic heterocycles. The second-order valence-electron chi connectivity index (χ2n) is 4.97. The predicted octanol–water partition coefficient (Wildman–Crippen LogP) is 3.13. The highest BCUT2D eigenvalue weighted by Crippen LogP contribution is 2.30. The van der Waals surface area contributed by atoms with Gasteiger partial charge >= 0.3 is 12.1 Å². The molecule has 0 amide bonds.